The van der Waals surface area contributed by atoms with E-state index in [9.17, 15) is 0 Å². The average Bonchev–Trinajstić information content (AvgIpc) is 2.48. The van der Waals surface area contributed by atoms with Gasteiger partial charge in [0.1, 0.15) is 0 Å². The number of hydrogen-bond acceptors (Lipinski definition) is 2. The molecule has 3 rings (SSSR count). The molecule has 1 fully saturated rings. The Morgan fingerprint density at radius 2 is 1.84 bits per heavy atom. The van der Waals surface area contributed by atoms with E-state index in [1.165, 1.54) is 58.2 Å². The zero-order chi connectivity index (χ0) is 12.9. The Balaban J connectivity index is 1.42. The van der Waals surface area contributed by atoms with E-state index in [1.54, 1.807) is 11.1 Å². The van der Waals surface area contributed by atoms with E-state index in [-0.39, 0.29) is 0 Å². The van der Waals surface area contributed by atoms with Gasteiger partial charge in [-0.2, -0.15) is 0 Å². The first-order valence-electron chi connectivity index (χ1n) is 7.94. The van der Waals surface area contributed by atoms with Crippen molar-refractivity contribution >= 4 is 0 Å². The van der Waals surface area contributed by atoms with Crippen molar-refractivity contribution in [2.45, 2.75) is 44.6 Å². The molecule has 1 saturated heterocycles. The Labute approximate surface area is 117 Å². The summed E-state index contributed by atoms with van der Waals surface area (Å²) in [5.74, 6) is 0. The molecule has 0 saturated carbocycles. The van der Waals surface area contributed by atoms with Crippen LogP contribution in [0, 0.1) is 0 Å². The largest absolute Gasteiger partial charge is 0.312 e. The molecule has 1 heterocycles. The van der Waals surface area contributed by atoms with Crippen LogP contribution in [0.5, 0.6) is 0 Å². The minimum atomic E-state index is 0.694. The van der Waals surface area contributed by atoms with Crippen molar-refractivity contribution in [3.8, 4) is 0 Å². The second-order valence-electron chi connectivity index (χ2n) is 6.06. The Morgan fingerprint density at radius 1 is 1.05 bits per heavy atom. The van der Waals surface area contributed by atoms with Crippen molar-refractivity contribution in [1.82, 2.24) is 10.2 Å². The van der Waals surface area contributed by atoms with Gasteiger partial charge in [-0.1, -0.05) is 30.7 Å². The van der Waals surface area contributed by atoms with Gasteiger partial charge in [-0.3, -0.25) is 0 Å². The third kappa shape index (κ3) is 3.58. The summed E-state index contributed by atoms with van der Waals surface area (Å²) in [7, 11) is 0. The molecule has 1 N–H and O–H groups in total. The molecule has 0 bridgehead atoms. The smallest absolute Gasteiger partial charge is 0.0111 e. The van der Waals surface area contributed by atoms with Crippen molar-refractivity contribution in [3.63, 3.8) is 0 Å². The summed E-state index contributed by atoms with van der Waals surface area (Å²) in [6, 6.07) is 9.63. The van der Waals surface area contributed by atoms with E-state index >= 15 is 0 Å². The van der Waals surface area contributed by atoms with Crippen LogP contribution >= 0.6 is 0 Å². The monoisotopic (exact) mass is 258 g/mol. The van der Waals surface area contributed by atoms with Crippen LogP contribution in [0.3, 0.4) is 0 Å². The predicted octanol–water partition coefficient (Wildman–Crippen LogP) is 2.62. The third-order valence-electron chi connectivity index (χ3n) is 4.66. The van der Waals surface area contributed by atoms with Crippen LogP contribution in [0.15, 0.2) is 24.3 Å². The highest BCUT2D eigenvalue weighted by molar-refractivity contribution is 5.30. The minimum Gasteiger partial charge on any atom is -0.312 e. The van der Waals surface area contributed by atoms with Crippen molar-refractivity contribution in [1.29, 1.82) is 0 Å². The molecule has 1 aliphatic heterocycles. The van der Waals surface area contributed by atoms with Crippen molar-refractivity contribution < 1.29 is 0 Å². The lowest BCUT2D eigenvalue weighted by Crippen LogP contribution is -2.41. The van der Waals surface area contributed by atoms with Crippen LogP contribution in [0.4, 0.5) is 0 Å². The summed E-state index contributed by atoms with van der Waals surface area (Å²) in [4.78, 5) is 2.62. The molecule has 1 aromatic carbocycles. The second kappa shape index (κ2) is 6.53. The molecule has 2 heteroatoms. The molecule has 2 nitrogen and oxygen atoms in total. The van der Waals surface area contributed by atoms with E-state index in [0.29, 0.717) is 6.04 Å². The molecular formula is C17H26N2. The van der Waals surface area contributed by atoms with E-state index < -0.39 is 0 Å². The lowest BCUT2D eigenvalue weighted by atomic mass is 9.88. The van der Waals surface area contributed by atoms with Gasteiger partial charge in [0.2, 0.25) is 0 Å². The molecule has 19 heavy (non-hydrogen) atoms. The van der Waals surface area contributed by atoms with Crippen LogP contribution in [0.2, 0.25) is 0 Å². The zero-order valence-corrected chi connectivity index (χ0v) is 11.9. The van der Waals surface area contributed by atoms with E-state index in [2.05, 4.69) is 34.5 Å². The molecule has 1 atom stereocenters. The maximum atomic E-state index is 3.77. The lowest BCUT2D eigenvalue weighted by molar-refractivity contribution is 0.225. The molecule has 0 aromatic heterocycles. The first-order chi connectivity index (χ1) is 9.42. The molecule has 0 unspecified atom stereocenters. The number of likely N-dealkylation sites (tertiary alicyclic amines) is 1. The molecule has 0 spiro atoms. The fraction of sp³-hybridized carbons (Fsp3) is 0.647. The number of nitrogens with zero attached hydrogens (tertiary/aromatic N) is 1. The molecule has 2 aliphatic rings. The van der Waals surface area contributed by atoms with Gasteiger partial charge >= 0.3 is 0 Å². The SMILES string of the molecule is c1ccc2c(c1)CC[C@@H](NCCN1CCCCC1)C2. The highest BCUT2D eigenvalue weighted by Gasteiger charge is 2.17. The first-order valence-corrected chi connectivity index (χ1v) is 7.94. The highest BCUT2D eigenvalue weighted by Crippen LogP contribution is 2.20. The molecule has 1 aromatic rings. The standard InChI is InChI=1S/C17H26N2/c1-4-11-19(12-5-1)13-10-18-17-9-8-15-6-2-3-7-16(15)14-17/h2-3,6-7,17-18H,1,4-5,8-14H2/t17-/m1/s1. The Morgan fingerprint density at radius 3 is 2.68 bits per heavy atom. The Kier molecular flexibility index (Phi) is 4.52. The lowest BCUT2D eigenvalue weighted by Gasteiger charge is -2.29. The number of hydrogen-bond donors (Lipinski definition) is 1. The first kappa shape index (κ1) is 13.1. The molecule has 0 radical (unpaired) electrons. The van der Waals surface area contributed by atoms with Gasteiger partial charge in [-0.25, -0.2) is 0 Å². The molecular weight excluding hydrogens is 232 g/mol. The van der Waals surface area contributed by atoms with Crippen molar-refractivity contribution in [2.24, 2.45) is 0 Å². The van der Waals surface area contributed by atoms with Crippen LogP contribution in [0.25, 0.3) is 0 Å². The predicted molar refractivity (Wildman–Crippen MR) is 80.5 cm³/mol. The molecule has 0 amide bonds. The highest BCUT2D eigenvalue weighted by atomic mass is 15.1. The number of nitrogens with one attached hydrogen (secondary N) is 1. The van der Waals surface area contributed by atoms with E-state index in [0.717, 1.165) is 6.54 Å². The molecule has 104 valence electrons. The fourth-order valence-corrected chi connectivity index (χ4v) is 3.48. The number of piperidine rings is 1. The van der Waals surface area contributed by atoms with E-state index in [4.69, 9.17) is 0 Å². The zero-order valence-electron chi connectivity index (χ0n) is 11.9. The van der Waals surface area contributed by atoms with Crippen LogP contribution in [0.1, 0.15) is 36.8 Å². The van der Waals surface area contributed by atoms with Gasteiger partial charge in [0.15, 0.2) is 0 Å². The van der Waals surface area contributed by atoms with Gasteiger partial charge in [0.25, 0.3) is 0 Å². The summed E-state index contributed by atoms with van der Waals surface area (Å²) in [6.45, 7) is 5.02. The van der Waals surface area contributed by atoms with Gasteiger partial charge in [0.05, 0.1) is 0 Å². The minimum absolute atomic E-state index is 0.694. The summed E-state index contributed by atoms with van der Waals surface area (Å²) >= 11 is 0. The summed E-state index contributed by atoms with van der Waals surface area (Å²) < 4.78 is 0. The quantitative estimate of drug-likeness (QED) is 0.893. The second-order valence-corrected chi connectivity index (χ2v) is 6.06. The van der Waals surface area contributed by atoms with Crippen molar-refractivity contribution in [3.05, 3.63) is 35.4 Å². The van der Waals surface area contributed by atoms with Gasteiger partial charge in [-0.15, -0.1) is 0 Å². The normalized spacial score (nSPS) is 24.1. The van der Waals surface area contributed by atoms with Gasteiger partial charge in [-0.05, 0) is 56.3 Å². The molecule has 1 aliphatic carbocycles. The van der Waals surface area contributed by atoms with Crippen molar-refractivity contribution in [2.75, 3.05) is 26.2 Å². The van der Waals surface area contributed by atoms with Gasteiger partial charge < -0.3 is 10.2 Å². The number of aryl methyl sites for hydroxylation is 1. The third-order valence-corrected chi connectivity index (χ3v) is 4.66. The summed E-state index contributed by atoms with van der Waals surface area (Å²) in [5, 5.41) is 3.77. The van der Waals surface area contributed by atoms with Crippen LogP contribution in [-0.2, 0) is 12.8 Å². The summed E-state index contributed by atoms with van der Waals surface area (Å²) in [5.41, 5.74) is 3.13. The number of rotatable bonds is 4. The number of fused-ring (bicyclic) bond motifs is 1. The maximum Gasteiger partial charge on any atom is 0.0111 e. The Bertz CT molecular complexity index is 396. The topological polar surface area (TPSA) is 15.3 Å². The van der Waals surface area contributed by atoms with Crippen LogP contribution in [-0.4, -0.2) is 37.1 Å². The van der Waals surface area contributed by atoms with Gasteiger partial charge in [0, 0.05) is 19.1 Å². The number of benzene rings is 1. The fourth-order valence-electron chi connectivity index (χ4n) is 3.48. The maximum absolute atomic E-state index is 3.77. The van der Waals surface area contributed by atoms with Crippen LogP contribution < -0.4 is 5.32 Å². The Hall–Kier alpha value is -0.860. The average molecular weight is 258 g/mol. The van der Waals surface area contributed by atoms with E-state index in [1.807, 2.05) is 0 Å². The summed E-state index contributed by atoms with van der Waals surface area (Å²) in [6.07, 6.45) is 8.00.